The normalized spacial score (nSPS) is 13.6. The molecule has 0 aromatic rings. The van der Waals surface area contributed by atoms with E-state index in [4.69, 9.17) is 0 Å². The summed E-state index contributed by atoms with van der Waals surface area (Å²) in [6, 6.07) is -0.0656. The Morgan fingerprint density at radius 2 is 2.07 bits per heavy atom. The Morgan fingerprint density at radius 1 is 1.50 bits per heavy atom. The van der Waals surface area contributed by atoms with Crippen molar-refractivity contribution in [2.24, 2.45) is 0 Å². The molecule has 0 heterocycles. The van der Waals surface area contributed by atoms with Crippen LogP contribution in [0.15, 0.2) is 0 Å². The van der Waals surface area contributed by atoms with E-state index in [-0.39, 0.29) is 24.2 Å². The fourth-order valence-electron chi connectivity index (χ4n) is 0.896. The van der Waals surface area contributed by atoms with Gasteiger partial charge in [0, 0.05) is 18.8 Å². The van der Waals surface area contributed by atoms with Crippen molar-refractivity contribution in [1.82, 2.24) is 5.32 Å². The minimum absolute atomic E-state index is 0.0656. The summed E-state index contributed by atoms with van der Waals surface area (Å²) in [5.74, 6) is -0.220. The van der Waals surface area contributed by atoms with Crippen LogP contribution in [0.1, 0.15) is 13.3 Å². The summed E-state index contributed by atoms with van der Waals surface area (Å²) >= 11 is 0. The molecule has 0 bridgehead atoms. The largest absolute Gasteiger partial charge is 0.469 e. The third-order valence-electron chi connectivity index (χ3n) is 1.67. The molecule has 0 fully saturated rings. The van der Waals surface area contributed by atoms with Gasteiger partial charge in [-0.15, -0.1) is 0 Å². The number of hydrogen-bond donors (Lipinski definition) is 1. The van der Waals surface area contributed by atoms with Gasteiger partial charge >= 0.3 is 5.97 Å². The second-order valence-corrected chi connectivity index (χ2v) is 5.53. The molecule has 0 amide bonds. The first kappa shape index (κ1) is 13.4. The molecule has 0 aliphatic heterocycles. The van der Waals surface area contributed by atoms with E-state index in [9.17, 15) is 13.2 Å². The van der Waals surface area contributed by atoms with Gasteiger partial charge < -0.3 is 10.1 Å². The Balaban J connectivity index is 3.65. The molecule has 0 saturated heterocycles. The number of rotatable bonds is 6. The zero-order valence-corrected chi connectivity index (χ0v) is 9.56. The van der Waals surface area contributed by atoms with Crippen molar-refractivity contribution >= 4 is 15.8 Å². The van der Waals surface area contributed by atoms with Gasteiger partial charge in [0.05, 0.1) is 19.3 Å². The minimum atomic E-state index is -2.93. The first-order valence-corrected chi connectivity index (χ1v) is 6.39. The number of carbonyl (C=O) groups is 1. The van der Waals surface area contributed by atoms with E-state index in [0.29, 0.717) is 6.54 Å². The Labute approximate surface area is 84.7 Å². The molecular weight excluding hydrogens is 206 g/mol. The van der Waals surface area contributed by atoms with Crippen molar-refractivity contribution in [2.75, 3.05) is 25.7 Å². The van der Waals surface area contributed by atoms with Gasteiger partial charge in [0.1, 0.15) is 9.84 Å². The van der Waals surface area contributed by atoms with E-state index in [0.717, 1.165) is 0 Å². The van der Waals surface area contributed by atoms with Crippen LogP contribution >= 0.6 is 0 Å². The molecule has 0 aromatic heterocycles. The highest BCUT2D eigenvalue weighted by molar-refractivity contribution is 7.90. The number of methoxy groups -OCH3 is 1. The molecule has 0 aliphatic carbocycles. The number of sulfone groups is 1. The third-order valence-corrected chi connectivity index (χ3v) is 2.61. The summed E-state index contributed by atoms with van der Waals surface area (Å²) in [4.78, 5) is 10.8. The Morgan fingerprint density at radius 3 is 2.50 bits per heavy atom. The van der Waals surface area contributed by atoms with Crippen LogP contribution in [0.4, 0.5) is 0 Å². The lowest BCUT2D eigenvalue weighted by Crippen LogP contribution is -2.32. The van der Waals surface area contributed by atoms with Crippen LogP contribution in [0, 0.1) is 0 Å². The highest BCUT2D eigenvalue weighted by atomic mass is 32.2. The van der Waals surface area contributed by atoms with Crippen LogP contribution < -0.4 is 5.32 Å². The van der Waals surface area contributed by atoms with Crippen LogP contribution in [-0.4, -0.2) is 46.1 Å². The lowest BCUT2D eigenvalue weighted by Gasteiger charge is -2.11. The standard InChI is InChI=1S/C8H17NO4S/c1-7(6-8(10)13-2)9-4-5-14(3,11)12/h7,9H,4-6H2,1-3H3. The van der Waals surface area contributed by atoms with Crippen molar-refractivity contribution < 1.29 is 17.9 Å². The Bertz CT molecular complexity index is 273. The molecule has 6 heteroatoms. The molecule has 1 atom stereocenters. The highest BCUT2D eigenvalue weighted by Crippen LogP contribution is 1.92. The van der Waals surface area contributed by atoms with E-state index in [1.54, 1.807) is 6.92 Å². The van der Waals surface area contributed by atoms with Crippen molar-refractivity contribution in [3.05, 3.63) is 0 Å². The molecule has 84 valence electrons. The van der Waals surface area contributed by atoms with Crippen LogP contribution in [0.5, 0.6) is 0 Å². The molecule has 0 radical (unpaired) electrons. The summed E-state index contributed by atoms with van der Waals surface area (Å²) in [6.07, 6.45) is 1.43. The van der Waals surface area contributed by atoms with Crippen LogP contribution in [-0.2, 0) is 19.4 Å². The van der Waals surface area contributed by atoms with Gasteiger partial charge in [0.2, 0.25) is 0 Å². The number of esters is 1. The van der Waals surface area contributed by atoms with Gasteiger partial charge in [0.15, 0.2) is 0 Å². The monoisotopic (exact) mass is 223 g/mol. The fourth-order valence-corrected chi connectivity index (χ4v) is 1.38. The second-order valence-electron chi connectivity index (χ2n) is 3.27. The molecule has 1 N–H and O–H groups in total. The highest BCUT2D eigenvalue weighted by Gasteiger charge is 2.09. The number of nitrogens with one attached hydrogen (secondary N) is 1. The lowest BCUT2D eigenvalue weighted by atomic mass is 10.2. The third kappa shape index (κ3) is 8.00. The molecule has 0 rings (SSSR count). The fraction of sp³-hybridized carbons (Fsp3) is 0.875. The van der Waals surface area contributed by atoms with E-state index in [1.807, 2.05) is 0 Å². The van der Waals surface area contributed by atoms with Gasteiger partial charge in [-0.1, -0.05) is 0 Å². The zero-order chi connectivity index (χ0) is 11.2. The average molecular weight is 223 g/mol. The van der Waals surface area contributed by atoms with Gasteiger partial charge in [-0.05, 0) is 6.92 Å². The maximum absolute atomic E-state index is 10.8. The van der Waals surface area contributed by atoms with Crippen LogP contribution in [0.2, 0.25) is 0 Å². The average Bonchev–Trinajstić information content (AvgIpc) is 2.01. The molecule has 0 aromatic carbocycles. The summed E-state index contributed by atoms with van der Waals surface area (Å²) in [7, 11) is -1.61. The van der Waals surface area contributed by atoms with E-state index >= 15 is 0 Å². The predicted octanol–water partition coefficient (Wildman–Crippen LogP) is -0.428. The van der Waals surface area contributed by atoms with Crippen LogP contribution in [0.3, 0.4) is 0 Å². The van der Waals surface area contributed by atoms with E-state index < -0.39 is 9.84 Å². The first-order valence-electron chi connectivity index (χ1n) is 4.33. The SMILES string of the molecule is COC(=O)CC(C)NCCS(C)(=O)=O. The minimum Gasteiger partial charge on any atom is -0.469 e. The van der Waals surface area contributed by atoms with Crippen LogP contribution in [0.25, 0.3) is 0 Å². The Kier molecular flexibility index (Phi) is 5.71. The maximum atomic E-state index is 10.8. The van der Waals surface area contributed by atoms with Crippen molar-refractivity contribution in [2.45, 2.75) is 19.4 Å². The first-order chi connectivity index (χ1) is 6.35. The van der Waals surface area contributed by atoms with Gasteiger partial charge in [-0.3, -0.25) is 4.79 Å². The second kappa shape index (κ2) is 5.98. The quantitative estimate of drug-likeness (QED) is 0.619. The van der Waals surface area contributed by atoms with Gasteiger partial charge in [0.25, 0.3) is 0 Å². The van der Waals surface area contributed by atoms with E-state index in [2.05, 4.69) is 10.1 Å². The summed E-state index contributed by atoms with van der Waals surface area (Å²) in [5, 5.41) is 2.92. The molecule has 5 nitrogen and oxygen atoms in total. The number of ether oxygens (including phenoxy) is 1. The van der Waals surface area contributed by atoms with Gasteiger partial charge in [-0.25, -0.2) is 8.42 Å². The number of hydrogen-bond acceptors (Lipinski definition) is 5. The molecular formula is C8H17NO4S. The molecule has 0 spiro atoms. The van der Waals surface area contributed by atoms with Gasteiger partial charge in [-0.2, -0.15) is 0 Å². The summed E-state index contributed by atoms with van der Waals surface area (Å²) in [5.41, 5.74) is 0. The summed E-state index contributed by atoms with van der Waals surface area (Å²) < 4.78 is 26.0. The van der Waals surface area contributed by atoms with Crippen molar-refractivity contribution in [3.8, 4) is 0 Å². The zero-order valence-electron chi connectivity index (χ0n) is 8.74. The maximum Gasteiger partial charge on any atom is 0.307 e. The lowest BCUT2D eigenvalue weighted by molar-refractivity contribution is -0.141. The molecule has 1 unspecified atom stereocenters. The summed E-state index contributed by atoms with van der Waals surface area (Å²) in [6.45, 7) is 2.16. The molecule has 0 aliphatic rings. The predicted molar refractivity (Wildman–Crippen MR) is 53.8 cm³/mol. The Hall–Kier alpha value is -0.620. The number of carbonyl (C=O) groups excluding carboxylic acids is 1. The van der Waals surface area contributed by atoms with E-state index in [1.165, 1.54) is 13.4 Å². The van der Waals surface area contributed by atoms with Crippen molar-refractivity contribution in [3.63, 3.8) is 0 Å². The molecule has 0 saturated carbocycles. The topological polar surface area (TPSA) is 72.5 Å². The molecule has 14 heavy (non-hydrogen) atoms. The smallest absolute Gasteiger partial charge is 0.307 e. The van der Waals surface area contributed by atoms with Crippen molar-refractivity contribution in [1.29, 1.82) is 0 Å².